The molecule has 0 unspecified atom stereocenters. The van der Waals surface area contributed by atoms with Crippen LogP contribution in [0.1, 0.15) is 11.7 Å². The summed E-state index contributed by atoms with van der Waals surface area (Å²) >= 11 is 0. The van der Waals surface area contributed by atoms with Crippen molar-refractivity contribution in [3.8, 4) is 0 Å². The van der Waals surface area contributed by atoms with Gasteiger partial charge in [-0.15, -0.1) is 0 Å². The summed E-state index contributed by atoms with van der Waals surface area (Å²) in [5, 5.41) is 6.27. The maximum Gasteiger partial charge on any atom is 0.245 e. The van der Waals surface area contributed by atoms with Gasteiger partial charge in [0.1, 0.15) is 0 Å². The Hall–Kier alpha value is -2.25. The van der Waals surface area contributed by atoms with Gasteiger partial charge < -0.3 is 15.6 Å². The molecule has 0 amide bonds. The van der Waals surface area contributed by atoms with Gasteiger partial charge in [0.15, 0.2) is 17.5 Å². The first-order valence-electron chi connectivity index (χ1n) is 4.46. The van der Waals surface area contributed by atoms with E-state index in [0.717, 1.165) is 6.20 Å². The fourth-order valence-corrected chi connectivity index (χ4v) is 1.08. The molecule has 8 heteroatoms. The Balaban J connectivity index is 2.07. The second-order valence-corrected chi connectivity index (χ2v) is 3.01. The van der Waals surface area contributed by atoms with Crippen LogP contribution in [0.5, 0.6) is 0 Å². The van der Waals surface area contributed by atoms with Crippen molar-refractivity contribution in [2.24, 2.45) is 0 Å². The fraction of sp³-hybridized carbons (Fsp3) is 0.250. The molecule has 7 nitrogen and oxygen atoms in total. The first-order chi connectivity index (χ1) is 7.65. The average Bonchev–Trinajstić information content (AvgIpc) is 2.66. The zero-order chi connectivity index (χ0) is 11.5. The predicted molar refractivity (Wildman–Crippen MR) is 52.8 cm³/mol. The van der Waals surface area contributed by atoms with Crippen LogP contribution in [0.4, 0.5) is 16.2 Å². The molecule has 2 rings (SSSR count). The molecule has 0 saturated heterocycles. The van der Waals surface area contributed by atoms with Crippen LogP contribution in [0.2, 0.25) is 0 Å². The topological polar surface area (TPSA) is 103 Å². The lowest BCUT2D eigenvalue weighted by atomic mass is 10.5. The van der Waals surface area contributed by atoms with Crippen LogP contribution >= 0.6 is 0 Å². The minimum atomic E-state index is -0.592. The monoisotopic (exact) mass is 224 g/mol. The van der Waals surface area contributed by atoms with Crippen LogP contribution in [0.3, 0.4) is 0 Å². The number of hydrogen-bond acceptors (Lipinski definition) is 7. The van der Waals surface area contributed by atoms with Gasteiger partial charge >= 0.3 is 0 Å². The Bertz CT molecular complexity index is 499. The Kier molecular flexibility index (Phi) is 2.63. The minimum absolute atomic E-state index is 0.00310. The minimum Gasteiger partial charge on any atom is -0.368 e. The van der Waals surface area contributed by atoms with Gasteiger partial charge in [0.2, 0.25) is 11.8 Å². The SMILES string of the molecule is Cc1noc(CNc2nc(N)ncc2F)n1. The number of rotatable bonds is 3. The quantitative estimate of drug-likeness (QED) is 0.782. The highest BCUT2D eigenvalue weighted by atomic mass is 19.1. The summed E-state index contributed by atoms with van der Waals surface area (Å²) in [5.41, 5.74) is 5.32. The Labute approximate surface area is 89.9 Å². The molecule has 0 aliphatic carbocycles. The molecule has 0 spiro atoms. The largest absolute Gasteiger partial charge is 0.368 e. The van der Waals surface area contributed by atoms with Crippen LogP contribution in [-0.2, 0) is 6.54 Å². The van der Waals surface area contributed by atoms with E-state index in [9.17, 15) is 4.39 Å². The number of aryl methyl sites for hydroxylation is 1. The molecular formula is C8H9FN6O. The molecule has 3 N–H and O–H groups in total. The molecule has 0 fully saturated rings. The van der Waals surface area contributed by atoms with Gasteiger partial charge in [-0.2, -0.15) is 9.97 Å². The second kappa shape index (κ2) is 4.09. The predicted octanol–water partition coefficient (Wildman–Crippen LogP) is 0.501. The van der Waals surface area contributed by atoms with Gasteiger partial charge in [-0.05, 0) is 6.92 Å². The third-order valence-corrected chi connectivity index (χ3v) is 1.74. The van der Waals surface area contributed by atoms with Gasteiger partial charge in [0.05, 0.1) is 12.7 Å². The number of aromatic nitrogens is 4. The summed E-state index contributed by atoms with van der Waals surface area (Å²) < 4.78 is 18.0. The molecular weight excluding hydrogens is 215 g/mol. The summed E-state index contributed by atoms with van der Waals surface area (Å²) in [7, 11) is 0. The maximum absolute atomic E-state index is 13.2. The molecule has 0 saturated carbocycles. The third kappa shape index (κ3) is 2.22. The summed E-state index contributed by atoms with van der Waals surface area (Å²) in [5.74, 6) is 0.257. The van der Waals surface area contributed by atoms with E-state index in [1.165, 1.54) is 0 Å². The molecule has 0 aromatic carbocycles. The summed E-state index contributed by atoms with van der Waals surface area (Å²) in [6.07, 6.45) is 0.990. The molecule has 0 bridgehead atoms. The van der Waals surface area contributed by atoms with Crippen molar-refractivity contribution in [1.29, 1.82) is 0 Å². The molecule has 2 aromatic rings. The van der Waals surface area contributed by atoms with E-state index in [4.69, 9.17) is 10.3 Å². The zero-order valence-electron chi connectivity index (χ0n) is 8.44. The first-order valence-corrected chi connectivity index (χ1v) is 4.46. The van der Waals surface area contributed by atoms with Crippen molar-refractivity contribution in [3.63, 3.8) is 0 Å². The van der Waals surface area contributed by atoms with Crippen LogP contribution < -0.4 is 11.1 Å². The lowest BCUT2D eigenvalue weighted by Gasteiger charge is -2.03. The number of nitrogens with one attached hydrogen (secondary N) is 1. The number of hydrogen-bond donors (Lipinski definition) is 2. The number of halogens is 1. The highest BCUT2D eigenvalue weighted by Gasteiger charge is 2.07. The fourth-order valence-electron chi connectivity index (χ4n) is 1.08. The van der Waals surface area contributed by atoms with Crippen LogP contribution in [0.15, 0.2) is 10.7 Å². The lowest BCUT2D eigenvalue weighted by Crippen LogP contribution is -2.06. The van der Waals surface area contributed by atoms with E-state index >= 15 is 0 Å². The number of nitrogens with zero attached hydrogens (tertiary/aromatic N) is 4. The Morgan fingerprint density at radius 2 is 2.31 bits per heavy atom. The van der Waals surface area contributed by atoms with Crippen molar-refractivity contribution >= 4 is 11.8 Å². The van der Waals surface area contributed by atoms with Crippen LogP contribution in [0, 0.1) is 12.7 Å². The average molecular weight is 224 g/mol. The molecule has 84 valence electrons. The van der Waals surface area contributed by atoms with Crippen LogP contribution in [-0.4, -0.2) is 20.1 Å². The van der Waals surface area contributed by atoms with E-state index in [-0.39, 0.29) is 18.3 Å². The van der Waals surface area contributed by atoms with Gasteiger partial charge in [0.25, 0.3) is 0 Å². The smallest absolute Gasteiger partial charge is 0.245 e. The van der Waals surface area contributed by atoms with Gasteiger partial charge in [-0.3, -0.25) is 0 Å². The third-order valence-electron chi connectivity index (χ3n) is 1.74. The molecule has 16 heavy (non-hydrogen) atoms. The van der Waals surface area contributed by atoms with Gasteiger partial charge in [0, 0.05) is 0 Å². The Morgan fingerprint density at radius 3 is 3.00 bits per heavy atom. The van der Waals surface area contributed by atoms with Crippen molar-refractivity contribution in [3.05, 3.63) is 23.7 Å². The second-order valence-electron chi connectivity index (χ2n) is 3.01. The van der Waals surface area contributed by atoms with Crippen molar-refractivity contribution in [2.75, 3.05) is 11.1 Å². The maximum atomic E-state index is 13.2. The van der Waals surface area contributed by atoms with Gasteiger partial charge in [-0.1, -0.05) is 5.16 Å². The first kappa shape index (κ1) is 10.3. The molecule has 0 aliphatic rings. The number of nitrogen functional groups attached to an aromatic ring is 1. The lowest BCUT2D eigenvalue weighted by molar-refractivity contribution is 0.379. The molecule has 2 aromatic heterocycles. The van der Waals surface area contributed by atoms with Crippen molar-refractivity contribution < 1.29 is 8.91 Å². The molecule has 0 atom stereocenters. The summed E-state index contributed by atoms with van der Waals surface area (Å²) in [6.45, 7) is 1.87. The van der Waals surface area contributed by atoms with E-state index in [1.807, 2.05) is 0 Å². The zero-order valence-corrected chi connectivity index (χ0v) is 8.44. The van der Waals surface area contributed by atoms with Crippen LogP contribution in [0.25, 0.3) is 0 Å². The molecule has 2 heterocycles. The van der Waals surface area contributed by atoms with E-state index < -0.39 is 5.82 Å². The normalized spacial score (nSPS) is 10.4. The van der Waals surface area contributed by atoms with E-state index in [2.05, 4.69) is 25.4 Å². The van der Waals surface area contributed by atoms with Crippen molar-refractivity contribution in [1.82, 2.24) is 20.1 Å². The molecule has 0 aliphatic heterocycles. The Morgan fingerprint density at radius 1 is 1.50 bits per heavy atom. The number of nitrogens with two attached hydrogens (primary N) is 1. The highest BCUT2D eigenvalue weighted by molar-refractivity contribution is 5.38. The van der Waals surface area contributed by atoms with Gasteiger partial charge in [-0.25, -0.2) is 9.37 Å². The summed E-state index contributed by atoms with van der Waals surface area (Å²) in [4.78, 5) is 11.1. The molecule has 0 radical (unpaired) electrons. The summed E-state index contributed by atoms with van der Waals surface area (Å²) in [6, 6.07) is 0. The number of anilines is 2. The standard InChI is InChI=1S/C8H9FN6O/c1-4-13-6(16-15-4)3-11-7-5(9)2-12-8(10)14-7/h2H,3H2,1H3,(H3,10,11,12,14). The highest BCUT2D eigenvalue weighted by Crippen LogP contribution is 2.11. The van der Waals surface area contributed by atoms with E-state index in [1.54, 1.807) is 6.92 Å². The van der Waals surface area contributed by atoms with Crippen molar-refractivity contribution in [2.45, 2.75) is 13.5 Å². The van der Waals surface area contributed by atoms with E-state index in [0.29, 0.717) is 11.7 Å².